The van der Waals surface area contributed by atoms with Crippen molar-refractivity contribution in [1.29, 1.82) is 5.26 Å². The van der Waals surface area contributed by atoms with Gasteiger partial charge in [-0.3, -0.25) is 0 Å². The van der Waals surface area contributed by atoms with Gasteiger partial charge in [0.25, 0.3) is 0 Å². The van der Waals surface area contributed by atoms with Gasteiger partial charge in [-0.05, 0) is 25.0 Å². The molecule has 0 N–H and O–H groups in total. The second-order valence-electron chi connectivity index (χ2n) is 4.87. The van der Waals surface area contributed by atoms with Crippen molar-refractivity contribution in [2.45, 2.75) is 32.7 Å². The molecular weight excluding hydrogens is 232 g/mol. The molecule has 19 heavy (non-hydrogen) atoms. The van der Waals surface area contributed by atoms with E-state index in [1.165, 1.54) is 5.69 Å². The van der Waals surface area contributed by atoms with Gasteiger partial charge in [-0.1, -0.05) is 38.1 Å². The summed E-state index contributed by atoms with van der Waals surface area (Å²) in [6.45, 7) is 4.44. The molecule has 2 heteroatoms. The second kappa shape index (κ2) is 5.75. The molecule has 0 aliphatic carbocycles. The third-order valence-electron chi connectivity index (χ3n) is 3.89. The van der Waals surface area contributed by atoms with E-state index >= 15 is 0 Å². The fourth-order valence-electron chi connectivity index (χ4n) is 2.72. The molecule has 0 amide bonds. The van der Waals surface area contributed by atoms with Crippen molar-refractivity contribution in [1.82, 2.24) is 0 Å². The van der Waals surface area contributed by atoms with Crippen LogP contribution in [0.1, 0.15) is 32.3 Å². The number of rotatable bonds is 4. The van der Waals surface area contributed by atoms with Crippen LogP contribution in [-0.2, 0) is 0 Å². The Balaban J connectivity index is 2.60. The molecular formula is C17H20N2. The second-order valence-corrected chi connectivity index (χ2v) is 4.87. The van der Waals surface area contributed by atoms with Crippen LogP contribution < -0.4 is 4.90 Å². The smallest absolute Gasteiger partial charge is 0.0998 e. The number of nitrogens with zero attached hydrogens (tertiary/aromatic N) is 2. The minimum atomic E-state index is 0.538. The summed E-state index contributed by atoms with van der Waals surface area (Å²) in [6, 6.07) is 15.0. The number of fused-ring (bicyclic) bond motifs is 1. The van der Waals surface area contributed by atoms with Crippen LogP contribution in [0, 0.1) is 11.3 Å². The molecule has 98 valence electrons. The lowest BCUT2D eigenvalue weighted by Crippen LogP contribution is -2.30. The maximum absolute atomic E-state index is 9.20. The Hall–Kier alpha value is -2.01. The Bertz CT molecular complexity index is 606. The zero-order valence-electron chi connectivity index (χ0n) is 11.9. The van der Waals surface area contributed by atoms with Gasteiger partial charge in [0.05, 0.1) is 11.6 Å². The van der Waals surface area contributed by atoms with Gasteiger partial charge in [-0.25, -0.2) is 0 Å². The van der Waals surface area contributed by atoms with Gasteiger partial charge < -0.3 is 4.90 Å². The highest BCUT2D eigenvalue weighted by Gasteiger charge is 2.14. The van der Waals surface area contributed by atoms with Gasteiger partial charge in [0.2, 0.25) is 0 Å². The summed E-state index contributed by atoms with van der Waals surface area (Å²) in [4.78, 5) is 2.34. The molecule has 2 aromatic carbocycles. The predicted molar refractivity (Wildman–Crippen MR) is 81.4 cm³/mol. The number of hydrogen-bond donors (Lipinski definition) is 0. The summed E-state index contributed by atoms with van der Waals surface area (Å²) in [5.74, 6) is 0. The predicted octanol–water partition coefficient (Wildman–Crippen LogP) is 4.34. The van der Waals surface area contributed by atoms with Crippen molar-refractivity contribution >= 4 is 16.5 Å². The quantitative estimate of drug-likeness (QED) is 0.809. The topological polar surface area (TPSA) is 27.0 Å². The summed E-state index contributed by atoms with van der Waals surface area (Å²) in [7, 11) is 2.14. The molecule has 2 nitrogen and oxygen atoms in total. The molecule has 0 radical (unpaired) electrons. The van der Waals surface area contributed by atoms with Crippen LogP contribution in [-0.4, -0.2) is 13.1 Å². The lowest BCUT2D eigenvalue weighted by atomic mass is 10.0. The third-order valence-corrected chi connectivity index (χ3v) is 3.89. The third kappa shape index (κ3) is 2.42. The summed E-state index contributed by atoms with van der Waals surface area (Å²) in [6.07, 6.45) is 2.25. The average Bonchev–Trinajstić information content (AvgIpc) is 2.47. The van der Waals surface area contributed by atoms with Crippen molar-refractivity contribution < 1.29 is 0 Å². The van der Waals surface area contributed by atoms with Gasteiger partial charge in [0.1, 0.15) is 0 Å². The summed E-state index contributed by atoms with van der Waals surface area (Å²) in [5, 5.41) is 11.4. The number of nitriles is 1. The van der Waals surface area contributed by atoms with Crippen LogP contribution >= 0.6 is 0 Å². The molecule has 0 aromatic heterocycles. The molecule has 0 bridgehead atoms. The molecule has 2 rings (SSSR count). The zero-order valence-corrected chi connectivity index (χ0v) is 11.9. The molecule has 0 heterocycles. The van der Waals surface area contributed by atoms with Crippen molar-refractivity contribution in [2.24, 2.45) is 0 Å². The lowest BCUT2D eigenvalue weighted by molar-refractivity contribution is 0.593. The average molecular weight is 252 g/mol. The molecule has 0 saturated heterocycles. The Morgan fingerprint density at radius 1 is 1.05 bits per heavy atom. The van der Waals surface area contributed by atoms with E-state index < -0.39 is 0 Å². The van der Waals surface area contributed by atoms with E-state index in [-0.39, 0.29) is 0 Å². The molecule has 2 aromatic rings. The maximum atomic E-state index is 9.20. The molecule has 0 atom stereocenters. The van der Waals surface area contributed by atoms with E-state index in [9.17, 15) is 5.26 Å². The largest absolute Gasteiger partial charge is 0.371 e. The van der Waals surface area contributed by atoms with Crippen molar-refractivity contribution in [3.8, 4) is 6.07 Å². The highest BCUT2D eigenvalue weighted by atomic mass is 15.1. The Labute approximate surface area is 115 Å². The number of anilines is 1. The van der Waals surface area contributed by atoms with E-state index in [1.807, 2.05) is 24.3 Å². The first-order valence-electron chi connectivity index (χ1n) is 6.87. The fourth-order valence-corrected chi connectivity index (χ4v) is 2.72. The molecule has 0 fully saturated rings. The highest BCUT2D eigenvalue weighted by Crippen LogP contribution is 2.30. The highest BCUT2D eigenvalue weighted by molar-refractivity contribution is 5.97. The fraction of sp³-hybridized carbons (Fsp3) is 0.353. The lowest BCUT2D eigenvalue weighted by Gasteiger charge is -2.29. The number of hydrogen-bond acceptors (Lipinski definition) is 2. The van der Waals surface area contributed by atoms with Crippen molar-refractivity contribution in [3.63, 3.8) is 0 Å². The van der Waals surface area contributed by atoms with E-state index in [0.717, 1.165) is 29.2 Å². The van der Waals surface area contributed by atoms with Crippen molar-refractivity contribution in [3.05, 3.63) is 42.0 Å². The number of benzene rings is 2. The van der Waals surface area contributed by atoms with E-state index in [0.29, 0.717) is 6.04 Å². The summed E-state index contributed by atoms with van der Waals surface area (Å²) in [5.41, 5.74) is 1.96. The van der Waals surface area contributed by atoms with Crippen LogP contribution in [0.4, 0.5) is 5.69 Å². The van der Waals surface area contributed by atoms with Gasteiger partial charge in [-0.15, -0.1) is 0 Å². The minimum absolute atomic E-state index is 0.538. The first kappa shape index (κ1) is 13.4. The van der Waals surface area contributed by atoms with Gasteiger partial charge in [0, 0.05) is 29.5 Å². The summed E-state index contributed by atoms with van der Waals surface area (Å²) < 4.78 is 0. The van der Waals surface area contributed by atoms with E-state index in [2.05, 4.69) is 44.0 Å². The molecule has 0 spiro atoms. The van der Waals surface area contributed by atoms with Crippen LogP contribution in [0.3, 0.4) is 0 Å². The van der Waals surface area contributed by atoms with Gasteiger partial charge >= 0.3 is 0 Å². The van der Waals surface area contributed by atoms with Crippen LogP contribution in [0.2, 0.25) is 0 Å². The molecule has 0 saturated carbocycles. The summed E-state index contributed by atoms with van der Waals surface area (Å²) >= 11 is 0. The first-order chi connectivity index (χ1) is 9.22. The standard InChI is InChI=1S/C17H20N2/c1-4-14(5-2)19(3)17-11-10-13(12-18)15-8-6-7-9-16(15)17/h6-11,14H,4-5H2,1-3H3. The van der Waals surface area contributed by atoms with Crippen molar-refractivity contribution in [2.75, 3.05) is 11.9 Å². The first-order valence-corrected chi connectivity index (χ1v) is 6.87. The molecule has 0 aliphatic heterocycles. The molecule has 0 unspecified atom stereocenters. The van der Waals surface area contributed by atoms with E-state index in [4.69, 9.17) is 0 Å². The van der Waals surface area contributed by atoms with Crippen LogP contribution in [0.25, 0.3) is 10.8 Å². The zero-order chi connectivity index (χ0) is 13.8. The van der Waals surface area contributed by atoms with E-state index in [1.54, 1.807) is 0 Å². The minimum Gasteiger partial charge on any atom is -0.371 e. The Kier molecular flexibility index (Phi) is 4.06. The Morgan fingerprint density at radius 2 is 1.68 bits per heavy atom. The van der Waals surface area contributed by atoms with Gasteiger partial charge in [-0.2, -0.15) is 5.26 Å². The van der Waals surface area contributed by atoms with Gasteiger partial charge in [0.15, 0.2) is 0 Å². The maximum Gasteiger partial charge on any atom is 0.0998 e. The Morgan fingerprint density at radius 3 is 2.26 bits per heavy atom. The van der Waals surface area contributed by atoms with Crippen LogP contribution in [0.5, 0.6) is 0 Å². The normalized spacial score (nSPS) is 10.7. The van der Waals surface area contributed by atoms with Crippen LogP contribution in [0.15, 0.2) is 36.4 Å². The monoisotopic (exact) mass is 252 g/mol. The molecule has 0 aliphatic rings. The SMILES string of the molecule is CCC(CC)N(C)c1ccc(C#N)c2ccccc12.